The molecule has 0 spiro atoms. The highest BCUT2D eigenvalue weighted by Gasteiger charge is 2.17. The van der Waals surface area contributed by atoms with Crippen LogP contribution >= 0.6 is 69.6 Å². The third-order valence-electron chi connectivity index (χ3n) is 3.37. The molecule has 0 radical (unpaired) electrons. The highest BCUT2D eigenvalue weighted by Crippen LogP contribution is 2.42. The van der Waals surface area contributed by atoms with Crippen LogP contribution in [0.4, 0.5) is 0 Å². The minimum absolute atomic E-state index is 0.371. The minimum Gasteiger partial charge on any atom is -0.256 e. The maximum Gasteiger partial charge on any atom is 0.0796 e. The SMILES string of the molecule is Clc1cc(Cl)c(-c2cccnc2-c2cc(Cl)c(Cl)cc2Cl)cc1Cl. The Morgan fingerprint density at radius 2 is 1.04 bits per heavy atom. The van der Waals surface area contributed by atoms with E-state index in [1.165, 1.54) is 0 Å². The van der Waals surface area contributed by atoms with Crippen molar-refractivity contribution in [2.45, 2.75) is 0 Å². The van der Waals surface area contributed by atoms with Gasteiger partial charge in [0.15, 0.2) is 0 Å². The molecule has 1 aromatic heterocycles. The van der Waals surface area contributed by atoms with E-state index in [1.54, 1.807) is 36.5 Å². The van der Waals surface area contributed by atoms with Gasteiger partial charge < -0.3 is 0 Å². The fourth-order valence-corrected chi connectivity index (χ4v) is 3.56. The van der Waals surface area contributed by atoms with E-state index in [2.05, 4.69) is 4.98 Å². The van der Waals surface area contributed by atoms with Crippen molar-refractivity contribution in [1.82, 2.24) is 4.98 Å². The smallest absolute Gasteiger partial charge is 0.0796 e. The van der Waals surface area contributed by atoms with Gasteiger partial charge in [-0.1, -0.05) is 75.7 Å². The number of pyridine rings is 1. The van der Waals surface area contributed by atoms with Gasteiger partial charge in [0.1, 0.15) is 0 Å². The van der Waals surface area contributed by atoms with E-state index in [1.807, 2.05) is 6.07 Å². The van der Waals surface area contributed by atoms with E-state index in [4.69, 9.17) is 69.6 Å². The molecule has 0 atom stereocenters. The Morgan fingerprint density at radius 3 is 1.67 bits per heavy atom. The number of hydrogen-bond acceptors (Lipinski definition) is 1. The van der Waals surface area contributed by atoms with Crippen LogP contribution in [-0.4, -0.2) is 4.98 Å². The Balaban J connectivity index is 2.28. The predicted octanol–water partition coefficient (Wildman–Crippen LogP) is 8.34. The molecule has 122 valence electrons. The zero-order chi connectivity index (χ0) is 17.4. The highest BCUT2D eigenvalue weighted by atomic mass is 35.5. The molecule has 0 fully saturated rings. The number of rotatable bonds is 2. The molecule has 0 aliphatic heterocycles. The van der Waals surface area contributed by atoms with Crippen molar-refractivity contribution in [3.8, 4) is 22.4 Å². The van der Waals surface area contributed by atoms with Crippen molar-refractivity contribution in [3.63, 3.8) is 0 Å². The third-order valence-corrected chi connectivity index (χ3v) is 5.44. The molecule has 0 unspecified atom stereocenters. The van der Waals surface area contributed by atoms with Crippen LogP contribution in [0.15, 0.2) is 42.6 Å². The molecule has 3 aromatic rings. The first-order valence-electron chi connectivity index (χ1n) is 6.63. The van der Waals surface area contributed by atoms with Gasteiger partial charge in [-0.05, 0) is 30.3 Å². The number of halogens is 6. The van der Waals surface area contributed by atoms with Gasteiger partial charge in [0.25, 0.3) is 0 Å². The van der Waals surface area contributed by atoms with Crippen LogP contribution in [0.5, 0.6) is 0 Å². The van der Waals surface area contributed by atoms with Crippen LogP contribution in [0.3, 0.4) is 0 Å². The molecule has 0 amide bonds. The maximum atomic E-state index is 6.34. The lowest BCUT2D eigenvalue weighted by molar-refractivity contribution is 1.32. The zero-order valence-electron chi connectivity index (χ0n) is 11.8. The van der Waals surface area contributed by atoms with Crippen LogP contribution < -0.4 is 0 Å². The Bertz CT molecular complexity index is 862. The number of nitrogens with zero attached hydrogens (tertiary/aromatic N) is 1. The summed E-state index contributed by atoms with van der Waals surface area (Å²) in [6, 6.07) is 10.2. The van der Waals surface area contributed by atoms with Crippen LogP contribution in [0.2, 0.25) is 30.1 Å². The first-order valence-corrected chi connectivity index (χ1v) is 8.90. The molecule has 0 aliphatic rings. The van der Waals surface area contributed by atoms with E-state index in [9.17, 15) is 0 Å². The standard InChI is InChI=1S/C17H7Cl6N/c18-11-6-15(22)13(20)4-9(11)8-2-1-3-24-17(8)10-5-14(21)16(23)7-12(10)19/h1-7H. The van der Waals surface area contributed by atoms with Crippen LogP contribution in [0.25, 0.3) is 22.4 Å². The van der Waals surface area contributed by atoms with Gasteiger partial charge in [0, 0.05) is 22.9 Å². The zero-order valence-corrected chi connectivity index (χ0v) is 16.3. The van der Waals surface area contributed by atoms with E-state index in [0.29, 0.717) is 47.0 Å². The molecule has 2 aromatic carbocycles. The molecule has 1 nitrogen and oxygen atoms in total. The Kier molecular flexibility index (Phi) is 5.51. The van der Waals surface area contributed by atoms with E-state index in [-0.39, 0.29) is 0 Å². The van der Waals surface area contributed by atoms with Gasteiger partial charge in [-0.15, -0.1) is 0 Å². The van der Waals surface area contributed by atoms with Crippen molar-refractivity contribution < 1.29 is 0 Å². The van der Waals surface area contributed by atoms with Crippen molar-refractivity contribution in [1.29, 1.82) is 0 Å². The summed E-state index contributed by atoms with van der Waals surface area (Å²) in [4.78, 5) is 4.43. The maximum absolute atomic E-state index is 6.34. The normalized spacial score (nSPS) is 10.9. The van der Waals surface area contributed by atoms with Gasteiger partial charge in [-0.25, -0.2) is 0 Å². The van der Waals surface area contributed by atoms with Gasteiger partial charge in [0.2, 0.25) is 0 Å². The summed E-state index contributed by atoms with van der Waals surface area (Å²) in [5.41, 5.74) is 2.70. The average Bonchev–Trinajstić information content (AvgIpc) is 2.54. The first kappa shape index (κ1) is 18.1. The van der Waals surface area contributed by atoms with E-state index >= 15 is 0 Å². The molecule has 0 N–H and O–H groups in total. The van der Waals surface area contributed by atoms with Crippen LogP contribution in [0.1, 0.15) is 0 Å². The van der Waals surface area contributed by atoms with E-state index in [0.717, 1.165) is 5.56 Å². The molecule has 0 bridgehead atoms. The van der Waals surface area contributed by atoms with Gasteiger partial charge in [-0.3, -0.25) is 4.98 Å². The highest BCUT2D eigenvalue weighted by molar-refractivity contribution is 6.45. The minimum atomic E-state index is 0.371. The molecule has 0 saturated carbocycles. The average molecular weight is 438 g/mol. The Labute approximate surface area is 169 Å². The second-order valence-corrected chi connectivity index (χ2v) is 7.34. The summed E-state index contributed by atoms with van der Waals surface area (Å²) in [5, 5.41) is 2.41. The lowest BCUT2D eigenvalue weighted by atomic mass is 9.99. The summed E-state index contributed by atoms with van der Waals surface area (Å²) in [6.45, 7) is 0. The summed E-state index contributed by atoms with van der Waals surface area (Å²) in [6.07, 6.45) is 1.66. The number of hydrogen-bond donors (Lipinski definition) is 0. The molecular formula is C17H7Cl6N. The first-order chi connectivity index (χ1) is 11.4. The van der Waals surface area contributed by atoms with Gasteiger partial charge in [0.05, 0.1) is 35.8 Å². The quantitative estimate of drug-likeness (QED) is 0.367. The van der Waals surface area contributed by atoms with Crippen molar-refractivity contribution >= 4 is 69.6 Å². The third kappa shape index (κ3) is 3.48. The second kappa shape index (κ2) is 7.29. The second-order valence-electron chi connectivity index (χ2n) is 4.89. The van der Waals surface area contributed by atoms with Crippen molar-refractivity contribution in [2.75, 3.05) is 0 Å². The lowest BCUT2D eigenvalue weighted by Crippen LogP contribution is -1.91. The molecule has 1 heterocycles. The van der Waals surface area contributed by atoms with Crippen LogP contribution in [0, 0.1) is 0 Å². The number of benzene rings is 2. The Hall–Kier alpha value is -0.670. The summed E-state index contributed by atoms with van der Waals surface area (Å²) in [5.74, 6) is 0. The fourth-order valence-electron chi connectivity index (χ4n) is 2.27. The summed E-state index contributed by atoms with van der Waals surface area (Å²) < 4.78 is 0. The lowest BCUT2D eigenvalue weighted by Gasteiger charge is -2.13. The Morgan fingerprint density at radius 1 is 0.542 bits per heavy atom. The van der Waals surface area contributed by atoms with Crippen molar-refractivity contribution in [2.24, 2.45) is 0 Å². The van der Waals surface area contributed by atoms with E-state index < -0.39 is 0 Å². The number of aromatic nitrogens is 1. The molecular weight excluding hydrogens is 431 g/mol. The van der Waals surface area contributed by atoms with Crippen LogP contribution in [-0.2, 0) is 0 Å². The largest absolute Gasteiger partial charge is 0.256 e. The van der Waals surface area contributed by atoms with Gasteiger partial charge >= 0.3 is 0 Å². The molecule has 0 saturated heterocycles. The summed E-state index contributed by atoms with van der Waals surface area (Å²) in [7, 11) is 0. The fraction of sp³-hybridized carbons (Fsp3) is 0. The van der Waals surface area contributed by atoms with Gasteiger partial charge in [-0.2, -0.15) is 0 Å². The molecule has 24 heavy (non-hydrogen) atoms. The predicted molar refractivity (Wildman–Crippen MR) is 105 cm³/mol. The molecule has 3 rings (SSSR count). The monoisotopic (exact) mass is 435 g/mol. The summed E-state index contributed by atoms with van der Waals surface area (Å²) >= 11 is 36.9. The molecule has 0 aliphatic carbocycles. The van der Waals surface area contributed by atoms with Crippen molar-refractivity contribution in [3.05, 3.63) is 72.7 Å². The topological polar surface area (TPSA) is 12.9 Å². The molecule has 7 heteroatoms.